The van der Waals surface area contributed by atoms with Crippen LogP contribution >= 0.6 is 23.2 Å². The topological polar surface area (TPSA) is 0 Å². The van der Waals surface area contributed by atoms with Gasteiger partial charge in [-0.2, -0.15) is 0 Å². The SMILES string of the molecule is ClC1(Cl)C(c2ccccc2)C1(c1ccccc1)c1ccccc1. The minimum absolute atomic E-state index is 0.0318. The van der Waals surface area contributed by atoms with Gasteiger partial charge in [-0.1, -0.05) is 114 Å². The van der Waals surface area contributed by atoms with Crippen LogP contribution in [0, 0.1) is 0 Å². The molecule has 1 aliphatic carbocycles. The van der Waals surface area contributed by atoms with E-state index in [1.54, 1.807) is 0 Å². The third kappa shape index (κ3) is 2.06. The Bertz CT molecular complexity index is 756. The number of alkyl halides is 2. The van der Waals surface area contributed by atoms with E-state index in [2.05, 4.69) is 36.4 Å². The van der Waals surface area contributed by atoms with Crippen LogP contribution in [0.5, 0.6) is 0 Å². The van der Waals surface area contributed by atoms with Gasteiger partial charge in [-0.15, -0.1) is 0 Å². The monoisotopic (exact) mass is 338 g/mol. The van der Waals surface area contributed by atoms with Crippen molar-refractivity contribution in [1.29, 1.82) is 0 Å². The van der Waals surface area contributed by atoms with Gasteiger partial charge in [0.25, 0.3) is 0 Å². The molecule has 3 aromatic rings. The van der Waals surface area contributed by atoms with Crippen molar-refractivity contribution < 1.29 is 0 Å². The Labute approximate surface area is 146 Å². The van der Waals surface area contributed by atoms with Crippen LogP contribution < -0.4 is 0 Å². The average molecular weight is 339 g/mol. The van der Waals surface area contributed by atoms with Crippen molar-refractivity contribution in [3.05, 3.63) is 108 Å². The molecule has 0 aromatic heterocycles. The van der Waals surface area contributed by atoms with Gasteiger partial charge in [0.1, 0.15) is 4.33 Å². The molecule has 0 aliphatic heterocycles. The molecule has 0 heterocycles. The summed E-state index contributed by atoms with van der Waals surface area (Å²) in [6, 6.07) is 31.0. The molecule has 23 heavy (non-hydrogen) atoms. The van der Waals surface area contributed by atoms with Gasteiger partial charge in [-0.05, 0) is 16.7 Å². The molecule has 4 rings (SSSR count). The van der Waals surface area contributed by atoms with Gasteiger partial charge in [0.2, 0.25) is 0 Å². The predicted molar refractivity (Wildman–Crippen MR) is 97.3 cm³/mol. The van der Waals surface area contributed by atoms with Crippen molar-refractivity contribution in [2.75, 3.05) is 0 Å². The molecule has 0 N–H and O–H groups in total. The van der Waals surface area contributed by atoms with E-state index in [-0.39, 0.29) is 5.92 Å². The largest absolute Gasteiger partial charge is 0.140 e. The number of hydrogen-bond acceptors (Lipinski definition) is 0. The van der Waals surface area contributed by atoms with Crippen molar-refractivity contribution >= 4 is 23.2 Å². The normalized spacial score (nSPS) is 20.9. The summed E-state index contributed by atoms with van der Waals surface area (Å²) < 4.78 is -0.864. The molecule has 0 radical (unpaired) electrons. The Morgan fingerprint density at radius 2 is 0.957 bits per heavy atom. The number of hydrogen-bond donors (Lipinski definition) is 0. The lowest BCUT2D eigenvalue weighted by Crippen LogP contribution is -2.17. The van der Waals surface area contributed by atoms with Crippen molar-refractivity contribution in [2.24, 2.45) is 0 Å². The Morgan fingerprint density at radius 1 is 0.565 bits per heavy atom. The van der Waals surface area contributed by atoms with Crippen LogP contribution in [0.25, 0.3) is 0 Å². The van der Waals surface area contributed by atoms with Gasteiger partial charge >= 0.3 is 0 Å². The summed E-state index contributed by atoms with van der Waals surface area (Å²) >= 11 is 13.8. The molecule has 0 saturated heterocycles. The zero-order valence-electron chi connectivity index (χ0n) is 12.5. The third-order valence-corrected chi connectivity index (χ3v) is 5.86. The molecule has 1 saturated carbocycles. The number of benzene rings is 3. The van der Waals surface area contributed by atoms with E-state index in [9.17, 15) is 0 Å². The molecular formula is C21H16Cl2. The first kappa shape index (κ1) is 14.8. The van der Waals surface area contributed by atoms with Gasteiger partial charge in [0, 0.05) is 5.92 Å². The minimum Gasteiger partial charge on any atom is -0.0995 e. The summed E-state index contributed by atoms with van der Waals surface area (Å²) in [4.78, 5) is 0. The van der Waals surface area contributed by atoms with Crippen LogP contribution in [-0.2, 0) is 5.41 Å². The Hall–Kier alpha value is -1.76. The lowest BCUT2D eigenvalue weighted by Gasteiger charge is -2.20. The van der Waals surface area contributed by atoms with Crippen molar-refractivity contribution in [2.45, 2.75) is 15.7 Å². The first-order chi connectivity index (χ1) is 11.2. The fourth-order valence-corrected chi connectivity index (χ4v) is 4.92. The molecule has 0 spiro atoms. The summed E-state index contributed by atoms with van der Waals surface area (Å²) in [5.41, 5.74) is 3.07. The summed E-state index contributed by atoms with van der Waals surface area (Å²) in [6.45, 7) is 0. The van der Waals surface area contributed by atoms with Crippen LogP contribution in [0.15, 0.2) is 91.0 Å². The van der Waals surface area contributed by atoms with E-state index in [1.165, 1.54) is 5.56 Å². The van der Waals surface area contributed by atoms with E-state index >= 15 is 0 Å². The maximum atomic E-state index is 6.90. The van der Waals surface area contributed by atoms with Crippen LogP contribution in [0.2, 0.25) is 0 Å². The third-order valence-electron chi connectivity index (χ3n) is 4.83. The van der Waals surface area contributed by atoms with E-state index in [1.807, 2.05) is 54.6 Å². The summed E-state index contributed by atoms with van der Waals surface area (Å²) in [7, 11) is 0. The van der Waals surface area contributed by atoms with Gasteiger partial charge < -0.3 is 0 Å². The van der Waals surface area contributed by atoms with Crippen LogP contribution in [0.3, 0.4) is 0 Å². The summed E-state index contributed by atoms with van der Waals surface area (Å²) in [6.07, 6.45) is 0. The van der Waals surface area contributed by atoms with Crippen molar-refractivity contribution in [1.82, 2.24) is 0 Å². The smallest absolute Gasteiger partial charge is 0.0995 e. The number of rotatable bonds is 3. The molecule has 0 amide bonds. The molecule has 2 heteroatoms. The molecule has 1 unspecified atom stereocenters. The molecule has 114 valence electrons. The Balaban J connectivity index is 1.95. The van der Waals surface area contributed by atoms with Gasteiger partial charge in [-0.25, -0.2) is 0 Å². The Morgan fingerprint density at radius 3 is 1.39 bits per heavy atom. The minimum atomic E-state index is -0.864. The zero-order chi connectivity index (χ0) is 15.9. The highest BCUT2D eigenvalue weighted by atomic mass is 35.5. The van der Waals surface area contributed by atoms with E-state index in [0.29, 0.717) is 0 Å². The van der Waals surface area contributed by atoms with Crippen LogP contribution in [0.1, 0.15) is 22.6 Å². The predicted octanol–water partition coefficient (Wildman–Crippen LogP) is 5.94. The second-order valence-corrected chi connectivity index (χ2v) is 7.39. The quantitative estimate of drug-likeness (QED) is 0.518. The number of halogens is 2. The maximum Gasteiger partial charge on any atom is 0.140 e. The summed E-state index contributed by atoms with van der Waals surface area (Å²) in [5, 5.41) is 0. The molecule has 3 aromatic carbocycles. The zero-order valence-corrected chi connectivity index (χ0v) is 14.0. The van der Waals surface area contributed by atoms with E-state index in [0.717, 1.165) is 11.1 Å². The second-order valence-electron chi connectivity index (χ2n) is 6.01. The van der Waals surface area contributed by atoms with E-state index < -0.39 is 9.75 Å². The van der Waals surface area contributed by atoms with E-state index in [4.69, 9.17) is 23.2 Å². The molecular weight excluding hydrogens is 323 g/mol. The van der Waals surface area contributed by atoms with Gasteiger partial charge in [0.05, 0.1) is 5.41 Å². The maximum absolute atomic E-state index is 6.90. The fourth-order valence-electron chi connectivity index (χ4n) is 3.80. The summed E-state index contributed by atoms with van der Waals surface area (Å²) in [5.74, 6) is 0.0318. The van der Waals surface area contributed by atoms with Crippen molar-refractivity contribution in [3.8, 4) is 0 Å². The highest BCUT2D eigenvalue weighted by Crippen LogP contribution is 2.76. The van der Waals surface area contributed by atoms with Gasteiger partial charge in [0.15, 0.2) is 0 Å². The highest BCUT2D eigenvalue weighted by molar-refractivity contribution is 6.53. The Kier molecular flexibility index (Phi) is 3.48. The standard InChI is InChI=1S/C21H16Cl2/c22-21(23)19(16-10-4-1-5-11-16)20(21,17-12-6-2-7-13-17)18-14-8-3-9-15-18/h1-15,19H. The lowest BCUT2D eigenvalue weighted by atomic mass is 9.84. The first-order valence-electron chi connectivity index (χ1n) is 7.73. The van der Waals surface area contributed by atoms with Crippen LogP contribution in [-0.4, -0.2) is 4.33 Å². The molecule has 1 fully saturated rings. The first-order valence-corrected chi connectivity index (χ1v) is 8.48. The molecule has 1 atom stereocenters. The molecule has 0 bridgehead atoms. The van der Waals surface area contributed by atoms with Crippen molar-refractivity contribution in [3.63, 3.8) is 0 Å². The lowest BCUT2D eigenvalue weighted by molar-refractivity contribution is 0.797. The van der Waals surface area contributed by atoms with Crippen LogP contribution in [0.4, 0.5) is 0 Å². The highest BCUT2D eigenvalue weighted by Gasteiger charge is 2.77. The fraction of sp³-hybridized carbons (Fsp3) is 0.143. The average Bonchev–Trinajstić information content (AvgIpc) is 3.14. The molecule has 1 aliphatic rings. The van der Waals surface area contributed by atoms with Gasteiger partial charge in [-0.3, -0.25) is 0 Å². The second kappa shape index (κ2) is 5.40. The molecule has 0 nitrogen and oxygen atoms in total.